The first-order chi connectivity index (χ1) is 12.7. The lowest BCUT2D eigenvalue weighted by atomic mass is 10.1. The Morgan fingerprint density at radius 1 is 0.962 bits per heavy atom. The summed E-state index contributed by atoms with van der Waals surface area (Å²) in [5.74, 6) is 1.90. The van der Waals surface area contributed by atoms with Crippen molar-refractivity contribution in [3.8, 4) is 28.6 Å². The van der Waals surface area contributed by atoms with E-state index in [4.69, 9.17) is 18.6 Å². The van der Waals surface area contributed by atoms with Crippen molar-refractivity contribution in [2.75, 3.05) is 21.3 Å². The predicted octanol–water partition coefficient (Wildman–Crippen LogP) is 3.38. The van der Waals surface area contributed by atoms with E-state index in [1.165, 1.54) is 0 Å². The van der Waals surface area contributed by atoms with Crippen LogP contribution in [-0.2, 0) is 13.0 Å². The molecule has 0 bridgehead atoms. The molecular formula is C20H21NO5. The number of methoxy groups -OCH3 is 3. The SMILES string of the molecule is COc1cc(CCn2cc(-c3ccccc3)oc2=O)cc(OC)c1OC. The molecule has 0 saturated heterocycles. The molecule has 6 heteroatoms. The van der Waals surface area contributed by atoms with E-state index >= 15 is 0 Å². The number of benzene rings is 2. The van der Waals surface area contributed by atoms with E-state index in [0.717, 1.165) is 11.1 Å². The van der Waals surface area contributed by atoms with Crippen LogP contribution in [0.25, 0.3) is 11.3 Å². The highest BCUT2D eigenvalue weighted by Crippen LogP contribution is 2.38. The van der Waals surface area contributed by atoms with Crippen LogP contribution in [0.1, 0.15) is 5.56 Å². The summed E-state index contributed by atoms with van der Waals surface area (Å²) in [5.41, 5.74) is 1.84. The van der Waals surface area contributed by atoms with Crippen LogP contribution >= 0.6 is 0 Å². The van der Waals surface area contributed by atoms with Crippen molar-refractivity contribution in [2.45, 2.75) is 13.0 Å². The molecule has 0 unspecified atom stereocenters. The highest BCUT2D eigenvalue weighted by atomic mass is 16.5. The van der Waals surface area contributed by atoms with E-state index in [2.05, 4.69) is 0 Å². The Morgan fingerprint density at radius 2 is 1.62 bits per heavy atom. The zero-order valence-corrected chi connectivity index (χ0v) is 15.0. The lowest BCUT2D eigenvalue weighted by Gasteiger charge is -2.14. The summed E-state index contributed by atoms with van der Waals surface area (Å²) < 4.78 is 23.0. The van der Waals surface area contributed by atoms with Gasteiger partial charge in [-0.2, -0.15) is 0 Å². The summed E-state index contributed by atoms with van der Waals surface area (Å²) >= 11 is 0. The van der Waals surface area contributed by atoms with E-state index in [1.54, 1.807) is 32.1 Å². The quantitative estimate of drug-likeness (QED) is 0.650. The Labute approximate surface area is 151 Å². The first-order valence-electron chi connectivity index (χ1n) is 8.21. The molecule has 0 amide bonds. The van der Waals surface area contributed by atoms with Gasteiger partial charge in [0.15, 0.2) is 17.3 Å². The number of hydrogen-bond acceptors (Lipinski definition) is 5. The highest BCUT2D eigenvalue weighted by molar-refractivity contribution is 5.56. The monoisotopic (exact) mass is 355 g/mol. The zero-order valence-electron chi connectivity index (χ0n) is 15.0. The van der Waals surface area contributed by atoms with Crippen molar-refractivity contribution in [3.63, 3.8) is 0 Å². The third-order valence-corrected chi connectivity index (χ3v) is 4.13. The number of aromatic nitrogens is 1. The van der Waals surface area contributed by atoms with E-state index in [1.807, 2.05) is 42.5 Å². The minimum Gasteiger partial charge on any atom is -0.493 e. The third kappa shape index (κ3) is 3.59. The molecule has 0 atom stereocenters. The molecule has 0 saturated carbocycles. The maximum Gasteiger partial charge on any atom is 0.419 e. The number of rotatable bonds is 7. The fraction of sp³-hybridized carbons (Fsp3) is 0.250. The molecule has 6 nitrogen and oxygen atoms in total. The lowest BCUT2D eigenvalue weighted by Crippen LogP contribution is -2.14. The molecule has 0 spiro atoms. The molecule has 26 heavy (non-hydrogen) atoms. The van der Waals surface area contributed by atoms with Crippen LogP contribution in [-0.4, -0.2) is 25.9 Å². The highest BCUT2D eigenvalue weighted by Gasteiger charge is 2.14. The molecule has 3 rings (SSSR count). The number of ether oxygens (including phenoxy) is 3. The largest absolute Gasteiger partial charge is 0.493 e. The molecule has 0 aliphatic rings. The standard InChI is InChI=1S/C20H21NO5/c1-23-16-11-14(12-17(24-2)19(16)25-3)9-10-21-13-18(26-20(21)22)15-7-5-4-6-8-15/h4-8,11-13H,9-10H2,1-3H3. The third-order valence-electron chi connectivity index (χ3n) is 4.13. The second-order valence-corrected chi connectivity index (χ2v) is 5.70. The molecule has 0 aliphatic carbocycles. The topological polar surface area (TPSA) is 62.8 Å². The molecule has 0 aliphatic heterocycles. The molecule has 0 N–H and O–H groups in total. The number of oxazole rings is 1. The molecule has 136 valence electrons. The molecule has 2 aromatic carbocycles. The Hall–Kier alpha value is -3.15. The van der Waals surface area contributed by atoms with Crippen LogP contribution < -0.4 is 20.0 Å². The number of hydrogen-bond donors (Lipinski definition) is 0. The molecule has 3 aromatic rings. The van der Waals surface area contributed by atoms with Crippen LogP contribution in [0.2, 0.25) is 0 Å². The minimum atomic E-state index is -0.378. The number of nitrogens with zero attached hydrogens (tertiary/aromatic N) is 1. The van der Waals surface area contributed by atoms with Gasteiger partial charge in [0.05, 0.1) is 27.5 Å². The smallest absolute Gasteiger partial charge is 0.419 e. The van der Waals surface area contributed by atoms with Crippen LogP contribution in [0, 0.1) is 0 Å². The van der Waals surface area contributed by atoms with Gasteiger partial charge in [-0.05, 0) is 24.1 Å². The maximum atomic E-state index is 12.1. The first-order valence-corrected chi connectivity index (χ1v) is 8.21. The normalized spacial score (nSPS) is 10.6. The molecule has 0 radical (unpaired) electrons. The molecule has 1 heterocycles. The second-order valence-electron chi connectivity index (χ2n) is 5.70. The van der Waals surface area contributed by atoms with Crippen molar-refractivity contribution in [3.05, 3.63) is 64.8 Å². The van der Waals surface area contributed by atoms with E-state index in [9.17, 15) is 4.79 Å². The van der Waals surface area contributed by atoms with Crippen molar-refractivity contribution in [1.29, 1.82) is 0 Å². The van der Waals surface area contributed by atoms with E-state index in [0.29, 0.717) is 36.0 Å². The maximum absolute atomic E-state index is 12.1. The van der Waals surface area contributed by atoms with Gasteiger partial charge in [-0.25, -0.2) is 4.79 Å². The van der Waals surface area contributed by atoms with Gasteiger partial charge in [0, 0.05) is 12.1 Å². The van der Waals surface area contributed by atoms with Crippen LogP contribution in [0.3, 0.4) is 0 Å². The summed E-state index contributed by atoms with van der Waals surface area (Å²) in [4.78, 5) is 12.1. The van der Waals surface area contributed by atoms with Gasteiger partial charge in [0.1, 0.15) is 0 Å². The van der Waals surface area contributed by atoms with Gasteiger partial charge in [0.25, 0.3) is 0 Å². The minimum absolute atomic E-state index is 0.378. The summed E-state index contributed by atoms with van der Waals surface area (Å²) in [5, 5.41) is 0. The van der Waals surface area contributed by atoms with Gasteiger partial charge < -0.3 is 18.6 Å². The van der Waals surface area contributed by atoms with Crippen LogP contribution in [0.5, 0.6) is 17.2 Å². The van der Waals surface area contributed by atoms with Gasteiger partial charge in [-0.15, -0.1) is 0 Å². The van der Waals surface area contributed by atoms with E-state index < -0.39 is 0 Å². The lowest BCUT2D eigenvalue weighted by molar-refractivity contribution is 0.323. The summed E-state index contributed by atoms with van der Waals surface area (Å²) in [6.45, 7) is 0.480. The van der Waals surface area contributed by atoms with Gasteiger partial charge >= 0.3 is 5.76 Å². The van der Waals surface area contributed by atoms with Crippen molar-refractivity contribution in [1.82, 2.24) is 4.57 Å². The van der Waals surface area contributed by atoms with Gasteiger partial charge in [-0.3, -0.25) is 4.57 Å². The summed E-state index contributed by atoms with van der Waals surface area (Å²) in [6.07, 6.45) is 2.35. The zero-order chi connectivity index (χ0) is 18.5. The van der Waals surface area contributed by atoms with Crippen LogP contribution in [0.4, 0.5) is 0 Å². The van der Waals surface area contributed by atoms with Crippen molar-refractivity contribution < 1.29 is 18.6 Å². The fourth-order valence-corrected chi connectivity index (χ4v) is 2.79. The molecule has 0 fully saturated rings. The fourth-order valence-electron chi connectivity index (χ4n) is 2.79. The summed E-state index contributed by atoms with van der Waals surface area (Å²) in [6, 6.07) is 13.3. The van der Waals surface area contributed by atoms with Gasteiger partial charge in [-0.1, -0.05) is 30.3 Å². The summed E-state index contributed by atoms with van der Waals surface area (Å²) in [7, 11) is 4.72. The number of aryl methyl sites for hydroxylation is 2. The van der Waals surface area contributed by atoms with Crippen LogP contribution in [0.15, 0.2) is 57.9 Å². The van der Waals surface area contributed by atoms with Crippen molar-refractivity contribution >= 4 is 0 Å². The molecule has 1 aromatic heterocycles. The van der Waals surface area contributed by atoms with E-state index in [-0.39, 0.29) is 5.76 Å². The first kappa shape index (κ1) is 17.7. The Balaban J connectivity index is 1.81. The Bertz CT molecular complexity index is 902. The molecular weight excluding hydrogens is 334 g/mol. The Kier molecular flexibility index (Phi) is 5.31. The average Bonchev–Trinajstić information content (AvgIpc) is 3.06. The predicted molar refractivity (Wildman–Crippen MR) is 98.2 cm³/mol. The van der Waals surface area contributed by atoms with Gasteiger partial charge in [0.2, 0.25) is 5.75 Å². The average molecular weight is 355 g/mol. The second kappa shape index (κ2) is 7.82. The van der Waals surface area contributed by atoms with Crippen molar-refractivity contribution in [2.24, 2.45) is 0 Å². The Morgan fingerprint density at radius 3 is 2.19 bits per heavy atom.